The van der Waals surface area contributed by atoms with Gasteiger partial charge in [0.2, 0.25) is 10.0 Å². The van der Waals surface area contributed by atoms with E-state index in [1.807, 2.05) is 22.6 Å². The lowest BCUT2D eigenvalue weighted by Gasteiger charge is -2.22. The minimum absolute atomic E-state index is 0.160. The fourth-order valence-electron chi connectivity index (χ4n) is 2.95. The van der Waals surface area contributed by atoms with E-state index in [1.54, 1.807) is 6.07 Å². The van der Waals surface area contributed by atoms with E-state index in [-0.39, 0.29) is 30.6 Å². The normalized spacial score (nSPS) is 16.3. The van der Waals surface area contributed by atoms with Gasteiger partial charge in [-0.25, -0.2) is 21.6 Å². The van der Waals surface area contributed by atoms with Crippen molar-refractivity contribution < 1.29 is 31.8 Å². The second kappa shape index (κ2) is 8.28. The molecule has 11 heteroatoms. The second-order valence-electron chi connectivity index (χ2n) is 6.86. The highest BCUT2D eigenvalue weighted by Gasteiger charge is 2.55. The standard InChI is InChI=1S/C18H18F3IN2O4S/c19-12-2-4-15(24-29(27,28)18(5-6-18)8-11(26)9-25)17(16(12)21)23-14-3-1-10(22)7-13(14)20/h1-4,7,11,23-26H,5-6,8-9H2/t11-/m1/s1. The second-order valence-corrected chi connectivity index (χ2v) is 10.2. The Morgan fingerprint density at radius 1 is 1.10 bits per heavy atom. The van der Waals surface area contributed by atoms with E-state index in [0.29, 0.717) is 3.57 Å². The molecule has 1 atom stereocenters. The smallest absolute Gasteiger partial charge is 0.238 e. The number of hydrogen-bond donors (Lipinski definition) is 4. The molecule has 3 rings (SSSR count). The molecule has 158 valence electrons. The number of halogens is 4. The molecule has 0 spiro atoms. The van der Waals surface area contributed by atoms with Crippen molar-refractivity contribution in [2.75, 3.05) is 16.6 Å². The molecule has 1 aliphatic rings. The summed E-state index contributed by atoms with van der Waals surface area (Å²) < 4.78 is 69.5. The summed E-state index contributed by atoms with van der Waals surface area (Å²) in [4.78, 5) is 0. The summed E-state index contributed by atoms with van der Waals surface area (Å²) in [7, 11) is -4.11. The summed E-state index contributed by atoms with van der Waals surface area (Å²) in [6.07, 6.45) is -0.927. The third-order valence-corrected chi connectivity index (χ3v) is 7.60. The van der Waals surface area contributed by atoms with Gasteiger partial charge in [0.15, 0.2) is 11.6 Å². The van der Waals surface area contributed by atoms with Gasteiger partial charge in [-0.1, -0.05) is 0 Å². The van der Waals surface area contributed by atoms with Crippen LogP contribution in [0.4, 0.5) is 30.2 Å². The Hall–Kier alpha value is -1.57. The predicted molar refractivity (Wildman–Crippen MR) is 111 cm³/mol. The quantitative estimate of drug-likeness (QED) is 0.383. The molecular weight excluding hydrogens is 524 g/mol. The van der Waals surface area contributed by atoms with Crippen molar-refractivity contribution in [3.8, 4) is 0 Å². The molecule has 29 heavy (non-hydrogen) atoms. The Bertz CT molecular complexity index is 1030. The summed E-state index contributed by atoms with van der Waals surface area (Å²) in [6.45, 7) is -0.596. The zero-order valence-corrected chi connectivity index (χ0v) is 17.9. The highest BCUT2D eigenvalue weighted by molar-refractivity contribution is 14.1. The van der Waals surface area contributed by atoms with Gasteiger partial charge in [0.05, 0.1) is 28.8 Å². The molecule has 1 saturated carbocycles. The first-order valence-corrected chi connectivity index (χ1v) is 11.2. The summed E-state index contributed by atoms with van der Waals surface area (Å²) in [5.74, 6) is -3.33. The minimum atomic E-state index is -4.11. The molecule has 1 aliphatic carbocycles. The lowest BCUT2D eigenvalue weighted by Crippen LogP contribution is -2.34. The lowest BCUT2D eigenvalue weighted by molar-refractivity contribution is 0.0858. The van der Waals surface area contributed by atoms with Crippen molar-refractivity contribution in [3.05, 3.63) is 51.4 Å². The van der Waals surface area contributed by atoms with Crippen LogP contribution in [0.1, 0.15) is 19.3 Å². The summed E-state index contributed by atoms with van der Waals surface area (Å²) in [5, 5.41) is 21.1. The first-order chi connectivity index (χ1) is 13.6. The molecule has 2 aromatic carbocycles. The molecule has 0 saturated heterocycles. The highest BCUT2D eigenvalue weighted by atomic mass is 127. The maximum atomic E-state index is 14.4. The number of anilines is 3. The molecule has 0 heterocycles. The molecule has 6 nitrogen and oxygen atoms in total. The summed E-state index contributed by atoms with van der Waals surface area (Å²) >= 11 is 1.89. The third kappa shape index (κ3) is 4.62. The summed E-state index contributed by atoms with van der Waals surface area (Å²) in [6, 6.07) is 5.83. The summed E-state index contributed by atoms with van der Waals surface area (Å²) in [5.41, 5.74) is -1.02. The Kier molecular flexibility index (Phi) is 6.32. The van der Waals surface area contributed by atoms with Crippen LogP contribution in [0.5, 0.6) is 0 Å². The van der Waals surface area contributed by atoms with Crippen LogP contribution < -0.4 is 10.0 Å². The van der Waals surface area contributed by atoms with Gasteiger partial charge in [-0.15, -0.1) is 0 Å². The largest absolute Gasteiger partial charge is 0.394 e. The fourth-order valence-corrected chi connectivity index (χ4v) is 5.13. The van der Waals surface area contributed by atoms with E-state index >= 15 is 0 Å². The van der Waals surface area contributed by atoms with Crippen molar-refractivity contribution in [2.45, 2.75) is 30.1 Å². The van der Waals surface area contributed by atoms with Gasteiger partial charge in [0.25, 0.3) is 0 Å². The molecule has 1 fully saturated rings. The van der Waals surface area contributed by atoms with Crippen LogP contribution in [0.15, 0.2) is 30.3 Å². The number of aliphatic hydroxyl groups is 2. The molecule has 4 N–H and O–H groups in total. The predicted octanol–water partition coefficient (Wildman–Crippen LogP) is 3.47. The Labute approximate surface area is 179 Å². The van der Waals surface area contributed by atoms with Gasteiger partial charge >= 0.3 is 0 Å². The van der Waals surface area contributed by atoms with E-state index < -0.39 is 50.6 Å². The van der Waals surface area contributed by atoms with Gasteiger partial charge < -0.3 is 15.5 Å². The average molecular weight is 542 g/mol. The maximum absolute atomic E-state index is 14.4. The van der Waals surface area contributed by atoms with E-state index in [4.69, 9.17) is 5.11 Å². The Balaban J connectivity index is 1.95. The number of hydrogen-bond acceptors (Lipinski definition) is 5. The first-order valence-electron chi connectivity index (χ1n) is 8.60. The van der Waals surface area contributed by atoms with Crippen LogP contribution >= 0.6 is 22.6 Å². The van der Waals surface area contributed by atoms with Gasteiger partial charge in [-0.2, -0.15) is 0 Å². The zero-order valence-electron chi connectivity index (χ0n) is 14.9. The van der Waals surface area contributed by atoms with E-state index in [9.17, 15) is 26.7 Å². The molecule has 0 radical (unpaired) electrons. The topological polar surface area (TPSA) is 98.7 Å². The number of benzene rings is 2. The molecule has 0 bridgehead atoms. The van der Waals surface area contributed by atoms with Crippen LogP contribution in [0, 0.1) is 21.0 Å². The maximum Gasteiger partial charge on any atom is 0.238 e. The Morgan fingerprint density at radius 2 is 1.76 bits per heavy atom. The molecule has 0 amide bonds. The van der Waals surface area contributed by atoms with Gasteiger partial charge in [0, 0.05) is 3.57 Å². The van der Waals surface area contributed by atoms with Crippen LogP contribution in [0.2, 0.25) is 0 Å². The van der Waals surface area contributed by atoms with Crippen LogP contribution in [-0.4, -0.2) is 36.1 Å². The fraction of sp³-hybridized carbons (Fsp3) is 0.333. The Morgan fingerprint density at radius 3 is 2.34 bits per heavy atom. The van der Waals surface area contributed by atoms with Gasteiger partial charge in [0.1, 0.15) is 11.5 Å². The van der Waals surface area contributed by atoms with Crippen molar-refractivity contribution in [1.29, 1.82) is 0 Å². The van der Waals surface area contributed by atoms with Crippen molar-refractivity contribution >= 4 is 49.7 Å². The molecule has 2 aromatic rings. The van der Waals surface area contributed by atoms with E-state index in [1.165, 1.54) is 12.1 Å². The average Bonchev–Trinajstić information content (AvgIpc) is 3.44. The van der Waals surface area contributed by atoms with Crippen LogP contribution in [-0.2, 0) is 10.0 Å². The van der Waals surface area contributed by atoms with E-state index in [0.717, 1.165) is 12.1 Å². The monoisotopic (exact) mass is 542 g/mol. The SMILES string of the molecule is O=S(=O)(Nc1ccc(F)c(F)c1Nc1ccc(I)cc1F)C1(C[C@@H](O)CO)CC1. The van der Waals surface area contributed by atoms with Crippen LogP contribution in [0.25, 0.3) is 0 Å². The first kappa shape index (κ1) is 22.1. The van der Waals surface area contributed by atoms with Gasteiger partial charge in [-0.05, 0) is 72.2 Å². The van der Waals surface area contributed by atoms with Crippen molar-refractivity contribution in [2.24, 2.45) is 0 Å². The molecule has 0 aromatic heterocycles. The van der Waals surface area contributed by atoms with Gasteiger partial charge in [-0.3, -0.25) is 4.72 Å². The van der Waals surface area contributed by atoms with Crippen molar-refractivity contribution in [3.63, 3.8) is 0 Å². The third-order valence-electron chi connectivity index (χ3n) is 4.73. The number of rotatable bonds is 8. The van der Waals surface area contributed by atoms with E-state index in [2.05, 4.69) is 10.0 Å². The number of aliphatic hydroxyl groups excluding tert-OH is 2. The number of nitrogens with one attached hydrogen (secondary N) is 2. The molecular formula is C18H18F3IN2O4S. The van der Waals surface area contributed by atoms with Crippen LogP contribution in [0.3, 0.4) is 0 Å². The lowest BCUT2D eigenvalue weighted by atomic mass is 10.2. The zero-order chi connectivity index (χ0) is 21.4. The highest BCUT2D eigenvalue weighted by Crippen LogP contribution is 2.48. The minimum Gasteiger partial charge on any atom is -0.394 e. The van der Waals surface area contributed by atoms with Crippen molar-refractivity contribution in [1.82, 2.24) is 0 Å². The molecule has 0 unspecified atom stereocenters. The molecule has 0 aliphatic heterocycles. The number of sulfonamides is 1.